The maximum absolute atomic E-state index is 12.9. The Kier molecular flexibility index (Phi) is 6.22. The number of alkyl carbamates (subject to hydrolysis) is 1. The van der Waals surface area contributed by atoms with E-state index < -0.39 is 23.9 Å². The fraction of sp³-hybridized carbons (Fsp3) is 0.308. The number of likely N-dealkylation sites (tertiary alicyclic amines) is 1. The summed E-state index contributed by atoms with van der Waals surface area (Å²) >= 11 is 0. The number of nitrogens with one attached hydrogen (secondary N) is 1. The van der Waals surface area contributed by atoms with Crippen LogP contribution in [0, 0.1) is 5.92 Å². The molecule has 1 fully saturated rings. The Labute approximate surface area is 201 Å². The first-order valence-electron chi connectivity index (χ1n) is 11.6. The molecule has 5 rings (SSSR count). The molecule has 0 saturated carbocycles. The van der Waals surface area contributed by atoms with Gasteiger partial charge in [-0.15, -0.1) is 0 Å². The van der Waals surface area contributed by atoms with Gasteiger partial charge in [-0.2, -0.15) is 0 Å². The largest absolute Gasteiger partial charge is 0.481 e. The molecule has 1 atom stereocenters. The van der Waals surface area contributed by atoms with Gasteiger partial charge >= 0.3 is 12.1 Å². The summed E-state index contributed by atoms with van der Waals surface area (Å²) in [7, 11) is 0. The summed E-state index contributed by atoms with van der Waals surface area (Å²) in [4.78, 5) is 42.1. The number of fused-ring (bicyclic) bond motifs is 3. The van der Waals surface area contributed by atoms with Crippen LogP contribution in [0.2, 0.25) is 0 Å². The van der Waals surface area contributed by atoms with Gasteiger partial charge in [0.15, 0.2) is 17.8 Å². The topological polar surface area (TPSA) is 122 Å². The van der Waals surface area contributed by atoms with E-state index in [-0.39, 0.29) is 37.1 Å². The molecule has 180 valence electrons. The van der Waals surface area contributed by atoms with Crippen molar-refractivity contribution in [1.82, 2.24) is 15.2 Å². The van der Waals surface area contributed by atoms with Gasteiger partial charge in [-0.1, -0.05) is 48.5 Å². The van der Waals surface area contributed by atoms with E-state index in [1.54, 1.807) is 0 Å². The third-order valence-electron chi connectivity index (χ3n) is 6.64. The van der Waals surface area contributed by atoms with E-state index in [2.05, 4.69) is 22.4 Å². The Hall–Kier alpha value is -4.14. The van der Waals surface area contributed by atoms with Crippen LogP contribution in [0.1, 0.15) is 46.1 Å². The zero-order valence-corrected chi connectivity index (χ0v) is 19.0. The van der Waals surface area contributed by atoms with E-state index in [0.717, 1.165) is 28.6 Å². The fourth-order valence-corrected chi connectivity index (χ4v) is 4.89. The average Bonchev–Trinajstić information content (AvgIpc) is 3.48. The van der Waals surface area contributed by atoms with Crippen LogP contribution in [0.3, 0.4) is 0 Å². The number of carbonyl (C=O) groups is 3. The van der Waals surface area contributed by atoms with E-state index in [4.69, 9.17) is 9.15 Å². The highest BCUT2D eigenvalue weighted by molar-refractivity contribution is 5.93. The first-order chi connectivity index (χ1) is 17.0. The molecule has 1 aliphatic heterocycles. The third kappa shape index (κ3) is 4.49. The lowest BCUT2D eigenvalue weighted by Crippen LogP contribution is -2.42. The molecule has 0 radical (unpaired) electrons. The quantitative estimate of drug-likeness (QED) is 0.558. The van der Waals surface area contributed by atoms with E-state index in [0.29, 0.717) is 19.4 Å². The summed E-state index contributed by atoms with van der Waals surface area (Å²) in [5.74, 6) is -1.78. The molecule has 0 bridgehead atoms. The number of nitrogens with zero attached hydrogens (tertiary/aromatic N) is 2. The zero-order chi connectivity index (χ0) is 24.4. The maximum atomic E-state index is 12.9. The number of carbonyl (C=O) groups excluding carboxylic acids is 2. The smallest absolute Gasteiger partial charge is 0.407 e. The second-order valence-corrected chi connectivity index (χ2v) is 8.73. The van der Waals surface area contributed by atoms with Crippen LogP contribution in [0.25, 0.3) is 11.1 Å². The van der Waals surface area contributed by atoms with E-state index >= 15 is 0 Å². The summed E-state index contributed by atoms with van der Waals surface area (Å²) < 4.78 is 10.8. The van der Waals surface area contributed by atoms with Crippen molar-refractivity contribution in [3.05, 3.63) is 77.5 Å². The molecule has 35 heavy (non-hydrogen) atoms. The number of carboxylic acids is 1. The molecular weight excluding hydrogens is 450 g/mol. The summed E-state index contributed by atoms with van der Waals surface area (Å²) in [5, 5.41) is 11.9. The fourth-order valence-electron chi connectivity index (χ4n) is 4.89. The number of carboxylic acid groups (broad SMARTS) is 1. The lowest BCUT2D eigenvalue weighted by molar-refractivity contribution is -0.143. The molecule has 2 aliphatic rings. The molecule has 2 amide bonds. The van der Waals surface area contributed by atoms with Crippen molar-refractivity contribution in [2.75, 3.05) is 19.7 Å². The van der Waals surface area contributed by atoms with Crippen LogP contribution in [0.5, 0.6) is 0 Å². The molecule has 2 aromatic carbocycles. The Morgan fingerprint density at radius 2 is 1.77 bits per heavy atom. The Morgan fingerprint density at radius 1 is 1.09 bits per heavy atom. The normalized spacial score (nSPS) is 16.9. The van der Waals surface area contributed by atoms with Crippen molar-refractivity contribution in [2.24, 2.45) is 5.92 Å². The first kappa shape index (κ1) is 22.6. The number of piperidine rings is 1. The lowest BCUT2D eigenvalue weighted by Gasteiger charge is -2.30. The van der Waals surface area contributed by atoms with E-state index in [9.17, 15) is 19.5 Å². The predicted molar refractivity (Wildman–Crippen MR) is 125 cm³/mol. The van der Waals surface area contributed by atoms with Gasteiger partial charge in [-0.25, -0.2) is 9.78 Å². The molecule has 9 heteroatoms. The molecule has 0 spiro atoms. The van der Waals surface area contributed by atoms with E-state index in [1.165, 1.54) is 4.90 Å². The molecule has 0 unspecified atom stereocenters. The molecule has 3 aromatic rings. The summed E-state index contributed by atoms with van der Waals surface area (Å²) in [6.45, 7) is 0.676. The third-order valence-corrected chi connectivity index (χ3v) is 6.64. The SMILES string of the molecule is O=C(NCc1ocnc1C(=O)N1CCC[C@H](C(=O)O)C1)OCC1c2ccccc2-c2ccccc21. The van der Waals surface area contributed by atoms with Gasteiger partial charge in [-0.05, 0) is 35.1 Å². The minimum atomic E-state index is -0.917. The van der Waals surface area contributed by atoms with Crippen molar-refractivity contribution in [3.8, 4) is 11.1 Å². The number of hydrogen-bond acceptors (Lipinski definition) is 6. The molecule has 2 heterocycles. The van der Waals surface area contributed by atoms with Gasteiger partial charge in [0.2, 0.25) is 0 Å². The number of hydrogen-bond donors (Lipinski definition) is 2. The van der Waals surface area contributed by atoms with Crippen molar-refractivity contribution in [2.45, 2.75) is 25.3 Å². The second kappa shape index (κ2) is 9.61. The van der Waals surface area contributed by atoms with Gasteiger partial charge in [0, 0.05) is 19.0 Å². The molecule has 1 saturated heterocycles. The van der Waals surface area contributed by atoms with Crippen LogP contribution in [-0.4, -0.2) is 52.7 Å². The van der Waals surface area contributed by atoms with Crippen molar-refractivity contribution in [3.63, 3.8) is 0 Å². The first-order valence-corrected chi connectivity index (χ1v) is 11.6. The summed E-state index contributed by atoms with van der Waals surface area (Å²) in [6.07, 6.45) is 1.65. The van der Waals surface area contributed by atoms with Gasteiger partial charge < -0.3 is 24.5 Å². The zero-order valence-electron chi connectivity index (χ0n) is 19.0. The number of aliphatic carboxylic acids is 1. The summed E-state index contributed by atoms with van der Waals surface area (Å²) in [5.41, 5.74) is 4.58. The monoisotopic (exact) mass is 475 g/mol. The summed E-state index contributed by atoms with van der Waals surface area (Å²) in [6, 6.07) is 16.2. The van der Waals surface area contributed by atoms with Crippen LogP contribution in [-0.2, 0) is 16.1 Å². The molecule has 1 aromatic heterocycles. The van der Waals surface area contributed by atoms with Gasteiger partial charge in [0.25, 0.3) is 5.91 Å². The Bertz CT molecular complexity index is 1220. The van der Waals surface area contributed by atoms with Gasteiger partial charge in [0.05, 0.1) is 12.5 Å². The average molecular weight is 476 g/mol. The highest BCUT2D eigenvalue weighted by Crippen LogP contribution is 2.44. The van der Waals surface area contributed by atoms with Gasteiger partial charge in [-0.3, -0.25) is 9.59 Å². The Balaban J connectivity index is 1.19. The van der Waals surface area contributed by atoms with Crippen molar-refractivity contribution >= 4 is 18.0 Å². The molecular formula is C26H25N3O6. The number of aromatic nitrogens is 1. The minimum Gasteiger partial charge on any atom is -0.481 e. The van der Waals surface area contributed by atoms with Crippen LogP contribution >= 0.6 is 0 Å². The molecule has 1 aliphatic carbocycles. The number of rotatable bonds is 6. The Morgan fingerprint density at radius 3 is 2.46 bits per heavy atom. The van der Waals surface area contributed by atoms with E-state index in [1.807, 2.05) is 36.4 Å². The van der Waals surface area contributed by atoms with Crippen LogP contribution in [0.15, 0.2) is 59.3 Å². The highest BCUT2D eigenvalue weighted by atomic mass is 16.5. The molecule has 2 N–H and O–H groups in total. The van der Waals surface area contributed by atoms with Crippen molar-refractivity contribution < 1.29 is 28.6 Å². The lowest BCUT2D eigenvalue weighted by atomic mass is 9.98. The maximum Gasteiger partial charge on any atom is 0.407 e. The van der Waals surface area contributed by atoms with Gasteiger partial charge in [0.1, 0.15) is 6.61 Å². The van der Waals surface area contributed by atoms with Crippen LogP contribution < -0.4 is 5.32 Å². The van der Waals surface area contributed by atoms with Crippen LogP contribution in [0.4, 0.5) is 4.79 Å². The second-order valence-electron chi connectivity index (χ2n) is 8.73. The highest BCUT2D eigenvalue weighted by Gasteiger charge is 2.32. The number of oxazole rings is 1. The molecule has 9 nitrogen and oxygen atoms in total. The van der Waals surface area contributed by atoms with Crippen molar-refractivity contribution in [1.29, 1.82) is 0 Å². The minimum absolute atomic E-state index is 0.0585. The predicted octanol–water partition coefficient (Wildman–Crippen LogP) is 3.65. The number of ether oxygens (including phenoxy) is 1. The standard InChI is InChI=1S/C26H25N3O6/c30-24(29-11-5-6-16(13-29)25(31)32)23-22(35-15-28-23)12-27-26(33)34-14-21-19-9-3-1-7-17(19)18-8-2-4-10-20(18)21/h1-4,7-10,15-16,21H,5-6,11-14H2,(H,27,33)(H,31,32)/t16-/m0/s1. The number of benzene rings is 2. The number of amides is 2.